The number of piperazine rings is 1. The van der Waals surface area contributed by atoms with Crippen molar-refractivity contribution in [3.63, 3.8) is 0 Å². The van der Waals surface area contributed by atoms with E-state index in [1.165, 1.54) is 5.69 Å². The smallest absolute Gasteiger partial charge is 0.229 e. The quantitative estimate of drug-likeness (QED) is 0.695. The molecule has 1 aliphatic rings. The zero-order valence-corrected chi connectivity index (χ0v) is 16.3. The van der Waals surface area contributed by atoms with Crippen LogP contribution in [-0.4, -0.2) is 48.1 Å². The minimum Gasteiger partial charge on any atom is -0.369 e. The van der Waals surface area contributed by atoms with Crippen molar-refractivity contribution < 1.29 is 0 Å². The number of nitriles is 1. The Morgan fingerprint density at radius 3 is 2.21 bits per heavy atom. The number of nitrogens with one attached hydrogen (secondary N) is 2. The van der Waals surface area contributed by atoms with E-state index < -0.39 is 0 Å². The topological polar surface area (TPSA) is 80.1 Å². The largest absolute Gasteiger partial charge is 0.369 e. The third-order valence-corrected chi connectivity index (χ3v) is 4.93. The first-order valence-corrected chi connectivity index (χ1v) is 9.60. The van der Waals surface area contributed by atoms with E-state index in [0.717, 1.165) is 37.6 Å². The molecule has 1 saturated heterocycles. The van der Waals surface area contributed by atoms with Crippen molar-refractivity contribution in [2.75, 3.05) is 48.8 Å². The molecule has 146 valence electrons. The van der Waals surface area contributed by atoms with Crippen LogP contribution in [0.25, 0.3) is 0 Å². The van der Waals surface area contributed by atoms with Crippen LogP contribution in [0.1, 0.15) is 5.56 Å². The number of aromatic nitrogens is 2. The molecule has 29 heavy (non-hydrogen) atoms. The van der Waals surface area contributed by atoms with Gasteiger partial charge in [0, 0.05) is 49.4 Å². The number of benzene rings is 2. The first-order valence-electron chi connectivity index (χ1n) is 9.60. The summed E-state index contributed by atoms with van der Waals surface area (Å²) in [7, 11) is 2.16. The van der Waals surface area contributed by atoms with Gasteiger partial charge in [0.25, 0.3) is 0 Å². The second kappa shape index (κ2) is 8.59. The molecule has 1 fully saturated rings. The van der Waals surface area contributed by atoms with Crippen LogP contribution in [0.2, 0.25) is 0 Å². The summed E-state index contributed by atoms with van der Waals surface area (Å²) in [6, 6.07) is 19.5. The molecule has 0 unspecified atom stereocenters. The summed E-state index contributed by atoms with van der Waals surface area (Å²) in [6.07, 6.45) is 1.71. The summed E-state index contributed by atoms with van der Waals surface area (Å²) >= 11 is 0. The van der Waals surface area contributed by atoms with E-state index in [9.17, 15) is 0 Å². The first kappa shape index (κ1) is 18.7. The van der Waals surface area contributed by atoms with Crippen LogP contribution in [-0.2, 0) is 0 Å². The SMILES string of the molecule is CN1CCN(c2ccc(Nc3ccnc(Nc4ccc(C#N)cc4)n3)cc2)CC1. The zero-order chi connectivity index (χ0) is 20.1. The zero-order valence-electron chi connectivity index (χ0n) is 16.3. The second-order valence-electron chi connectivity index (χ2n) is 7.04. The first-order chi connectivity index (χ1) is 14.2. The molecule has 2 N–H and O–H groups in total. The summed E-state index contributed by atoms with van der Waals surface area (Å²) in [6.45, 7) is 4.30. The van der Waals surface area contributed by atoms with Crippen molar-refractivity contribution in [2.24, 2.45) is 0 Å². The fourth-order valence-electron chi connectivity index (χ4n) is 3.21. The monoisotopic (exact) mass is 385 g/mol. The van der Waals surface area contributed by atoms with Crippen LogP contribution in [0.5, 0.6) is 0 Å². The lowest BCUT2D eigenvalue weighted by atomic mass is 10.2. The van der Waals surface area contributed by atoms with E-state index in [0.29, 0.717) is 17.3 Å². The second-order valence-corrected chi connectivity index (χ2v) is 7.04. The molecule has 7 nitrogen and oxygen atoms in total. The maximum Gasteiger partial charge on any atom is 0.229 e. The van der Waals surface area contributed by atoms with Gasteiger partial charge in [0.2, 0.25) is 5.95 Å². The Morgan fingerprint density at radius 1 is 0.862 bits per heavy atom. The molecule has 0 bridgehead atoms. The van der Waals surface area contributed by atoms with Gasteiger partial charge in [-0.25, -0.2) is 4.98 Å². The molecule has 2 aromatic carbocycles. The normalized spacial score (nSPS) is 14.3. The molecule has 0 atom stereocenters. The number of hydrogen-bond acceptors (Lipinski definition) is 7. The number of nitrogens with zero attached hydrogens (tertiary/aromatic N) is 5. The predicted molar refractivity (Wildman–Crippen MR) is 116 cm³/mol. The van der Waals surface area contributed by atoms with Crippen molar-refractivity contribution in [2.45, 2.75) is 0 Å². The lowest BCUT2D eigenvalue weighted by Gasteiger charge is -2.34. The molecule has 2 heterocycles. The highest BCUT2D eigenvalue weighted by Gasteiger charge is 2.14. The minimum atomic E-state index is 0.494. The molecule has 4 rings (SSSR count). The molecular weight excluding hydrogens is 362 g/mol. The molecule has 1 aliphatic heterocycles. The fraction of sp³-hybridized carbons (Fsp3) is 0.227. The van der Waals surface area contributed by atoms with Gasteiger partial charge in [-0.15, -0.1) is 0 Å². The van der Waals surface area contributed by atoms with Gasteiger partial charge in [0.05, 0.1) is 11.6 Å². The van der Waals surface area contributed by atoms with Crippen LogP contribution in [0.4, 0.5) is 28.8 Å². The molecule has 0 spiro atoms. The van der Waals surface area contributed by atoms with E-state index >= 15 is 0 Å². The van der Waals surface area contributed by atoms with Crippen LogP contribution in [0.15, 0.2) is 60.8 Å². The van der Waals surface area contributed by atoms with Crippen molar-refractivity contribution in [3.05, 3.63) is 66.4 Å². The highest BCUT2D eigenvalue weighted by molar-refractivity contribution is 5.62. The van der Waals surface area contributed by atoms with Crippen LogP contribution < -0.4 is 15.5 Å². The molecule has 0 radical (unpaired) electrons. The summed E-state index contributed by atoms with van der Waals surface area (Å²) in [5.74, 6) is 1.21. The Hall–Kier alpha value is -3.63. The van der Waals surface area contributed by atoms with Crippen molar-refractivity contribution in [1.82, 2.24) is 14.9 Å². The van der Waals surface area contributed by atoms with E-state index in [1.54, 1.807) is 18.3 Å². The maximum atomic E-state index is 8.89. The summed E-state index contributed by atoms with van der Waals surface area (Å²) in [5.41, 5.74) is 3.67. The highest BCUT2D eigenvalue weighted by Crippen LogP contribution is 2.22. The third-order valence-electron chi connectivity index (χ3n) is 4.93. The Labute approximate surface area is 170 Å². The third kappa shape index (κ3) is 4.81. The molecule has 1 aromatic heterocycles. The molecule has 0 saturated carbocycles. The van der Waals surface area contributed by atoms with Gasteiger partial charge in [-0.3, -0.25) is 0 Å². The molecule has 0 aliphatic carbocycles. The Morgan fingerprint density at radius 2 is 1.52 bits per heavy atom. The Bertz CT molecular complexity index is 985. The van der Waals surface area contributed by atoms with Crippen LogP contribution in [0.3, 0.4) is 0 Å². The average molecular weight is 385 g/mol. The average Bonchev–Trinajstić information content (AvgIpc) is 2.76. The van der Waals surface area contributed by atoms with Gasteiger partial charge in [0.1, 0.15) is 5.82 Å². The molecular formula is C22H23N7. The van der Waals surface area contributed by atoms with Gasteiger partial charge in [-0.05, 0) is 61.6 Å². The molecule has 7 heteroatoms. The van der Waals surface area contributed by atoms with E-state index in [4.69, 9.17) is 5.26 Å². The van der Waals surface area contributed by atoms with Crippen LogP contribution >= 0.6 is 0 Å². The summed E-state index contributed by atoms with van der Waals surface area (Å²) < 4.78 is 0. The van der Waals surface area contributed by atoms with Gasteiger partial charge in [0.15, 0.2) is 0 Å². The molecule has 3 aromatic rings. The number of likely N-dealkylation sites (N-methyl/N-ethyl adjacent to an activating group) is 1. The van der Waals surface area contributed by atoms with Gasteiger partial charge in [-0.1, -0.05) is 0 Å². The lowest BCUT2D eigenvalue weighted by molar-refractivity contribution is 0.313. The number of anilines is 5. The Balaban J connectivity index is 1.40. The van der Waals surface area contributed by atoms with E-state index in [2.05, 4.69) is 67.8 Å². The summed E-state index contributed by atoms with van der Waals surface area (Å²) in [4.78, 5) is 13.5. The Kier molecular flexibility index (Phi) is 5.54. The van der Waals surface area contributed by atoms with Crippen molar-refractivity contribution in [3.8, 4) is 6.07 Å². The van der Waals surface area contributed by atoms with Gasteiger partial charge in [-0.2, -0.15) is 10.2 Å². The predicted octanol–water partition coefficient (Wildman–Crippen LogP) is 3.59. The molecule has 0 amide bonds. The standard InChI is InChI=1S/C22H23N7/c1-28-12-14-29(15-13-28)20-8-6-18(7-9-20)25-21-10-11-24-22(27-21)26-19-4-2-17(16-23)3-5-19/h2-11H,12-15H2,1H3,(H2,24,25,26,27). The van der Waals surface area contributed by atoms with E-state index in [1.807, 2.05) is 18.2 Å². The van der Waals surface area contributed by atoms with Crippen molar-refractivity contribution in [1.29, 1.82) is 5.26 Å². The van der Waals surface area contributed by atoms with Gasteiger partial charge < -0.3 is 20.4 Å². The van der Waals surface area contributed by atoms with Crippen LogP contribution in [0, 0.1) is 11.3 Å². The number of rotatable bonds is 5. The van der Waals surface area contributed by atoms with Crippen molar-refractivity contribution >= 4 is 28.8 Å². The fourth-order valence-corrected chi connectivity index (χ4v) is 3.21. The van der Waals surface area contributed by atoms with Gasteiger partial charge >= 0.3 is 0 Å². The summed E-state index contributed by atoms with van der Waals surface area (Å²) in [5, 5.41) is 15.4. The lowest BCUT2D eigenvalue weighted by Crippen LogP contribution is -2.44. The highest BCUT2D eigenvalue weighted by atomic mass is 15.2. The maximum absolute atomic E-state index is 8.89. The minimum absolute atomic E-state index is 0.494. The number of hydrogen-bond donors (Lipinski definition) is 2. The van der Waals surface area contributed by atoms with E-state index in [-0.39, 0.29) is 0 Å².